The lowest BCUT2D eigenvalue weighted by Crippen LogP contribution is -2.21. The first-order chi connectivity index (χ1) is 13.3. The zero-order chi connectivity index (χ0) is 18.2. The summed E-state index contributed by atoms with van der Waals surface area (Å²) in [6, 6.07) is 14.0. The summed E-state index contributed by atoms with van der Waals surface area (Å²) in [5.41, 5.74) is 4.89. The lowest BCUT2D eigenvalue weighted by Gasteiger charge is -2.08. The smallest absolute Gasteiger partial charge is 0.261 e. The summed E-state index contributed by atoms with van der Waals surface area (Å²) in [5.74, 6) is 0. The van der Waals surface area contributed by atoms with E-state index in [2.05, 4.69) is 39.3 Å². The molecule has 0 amide bonds. The van der Waals surface area contributed by atoms with Crippen LogP contribution >= 0.6 is 0 Å². The molecule has 4 aromatic heterocycles. The highest BCUT2D eigenvalue weighted by atomic mass is 16.1. The van der Waals surface area contributed by atoms with Gasteiger partial charge in [0.05, 0.1) is 48.0 Å². The number of nitrogens with zero attached hydrogens (tertiary/aromatic N) is 5. The number of hydrogen-bond acceptors (Lipinski definition) is 4. The molecule has 0 aliphatic carbocycles. The Labute approximate surface area is 154 Å². The van der Waals surface area contributed by atoms with Crippen LogP contribution in [-0.2, 0) is 6.54 Å². The Morgan fingerprint density at radius 3 is 2.59 bits per heavy atom. The second kappa shape index (κ2) is 6.17. The summed E-state index contributed by atoms with van der Waals surface area (Å²) in [5, 5.41) is 0.581. The molecule has 6 heteroatoms. The maximum atomic E-state index is 12.6. The van der Waals surface area contributed by atoms with E-state index in [0.29, 0.717) is 17.4 Å². The van der Waals surface area contributed by atoms with E-state index in [1.807, 2.05) is 28.8 Å². The summed E-state index contributed by atoms with van der Waals surface area (Å²) < 4.78 is 3.62. The first-order valence-electron chi connectivity index (χ1n) is 8.58. The quantitative estimate of drug-likeness (QED) is 0.500. The Kier molecular flexibility index (Phi) is 3.53. The molecule has 4 heterocycles. The Hall–Kier alpha value is -3.80. The summed E-state index contributed by atoms with van der Waals surface area (Å²) in [4.78, 5) is 25.1. The SMILES string of the molecule is O=c1c2ccncc2ncn1Cc1ccc(-c2ccc3cncn3c2)cc1. The third-order valence-electron chi connectivity index (χ3n) is 4.68. The molecule has 0 saturated carbocycles. The average Bonchev–Trinajstić information content (AvgIpc) is 3.19. The molecule has 5 rings (SSSR count). The predicted molar refractivity (Wildman–Crippen MR) is 104 cm³/mol. The van der Waals surface area contributed by atoms with Crippen molar-refractivity contribution in [3.05, 3.63) is 95.8 Å². The molecule has 0 atom stereocenters. The van der Waals surface area contributed by atoms with Crippen LogP contribution < -0.4 is 5.56 Å². The van der Waals surface area contributed by atoms with E-state index < -0.39 is 0 Å². The van der Waals surface area contributed by atoms with Gasteiger partial charge in [-0.15, -0.1) is 0 Å². The minimum Gasteiger partial charge on any atom is -0.306 e. The van der Waals surface area contributed by atoms with Crippen LogP contribution in [0.1, 0.15) is 5.56 Å². The van der Waals surface area contributed by atoms with Crippen LogP contribution in [0.25, 0.3) is 27.5 Å². The Morgan fingerprint density at radius 2 is 1.70 bits per heavy atom. The van der Waals surface area contributed by atoms with Crippen LogP contribution in [0.3, 0.4) is 0 Å². The number of fused-ring (bicyclic) bond motifs is 2. The Morgan fingerprint density at radius 1 is 0.852 bits per heavy atom. The summed E-state index contributed by atoms with van der Waals surface area (Å²) >= 11 is 0. The monoisotopic (exact) mass is 353 g/mol. The maximum absolute atomic E-state index is 12.6. The van der Waals surface area contributed by atoms with Crippen molar-refractivity contribution in [3.8, 4) is 11.1 Å². The highest BCUT2D eigenvalue weighted by Crippen LogP contribution is 2.21. The van der Waals surface area contributed by atoms with Crippen LogP contribution in [0.5, 0.6) is 0 Å². The molecule has 0 aliphatic rings. The minimum atomic E-state index is -0.0583. The van der Waals surface area contributed by atoms with E-state index in [1.165, 1.54) is 0 Å². The highest BCUT2D eigenvalue weighted by Gasteiger charge is 2.05. The number of rotatable bonds is 3. The van der Waals surface area contributed by atoms with Gasteiger partial charge in [0.15, 0.2) is 0 Å². The second-order valence-corrected chi connectivity index (χ2v) is 6.41. The van der Waals surface area contributed by atoms with Gasteiger partial charge in [-0.3, -0.25) is 14.3 Å². The molecule has 0 fully saturated rings. The van der Waals surface area contributed by atoms with Crippen molar-refractivity contribution < 1.29 is 0 Å². The second-order valence-electron chi connectivity index (χ2n) is 6.41. The van der Waals surface area contributed by atoms with Crippen molar-refractivity contribution in [1.82, 2.24) is 23.9 Å². The minimum absolute atomic E-state index is 0.0583. The van der Waals surface area contributed by atoms with Crippen molar-refractivity contribution in [1.29, 1.82) is 0 Å². The van der Waals surface area contributed by atoms with Crippen molar-refractivity contribution >= 4 is 16.4 Å². The molecule has 0 radical (unpaired) electrons. The number of pyridine rings is 2. The number of aromatic nitrogens is 5. The molecule has 27 heavy (non-hydrogen) atoms. The van der Waals surface area contributed by atoms with Crippen LogP contribution in [0.2, 0.25) is 0 Å². The van der Waals surface area contributed by atoms with E-state index in [0.717, 1.165) is 22.2 Å². The third kappa shape index (κ3) is 2.77. The first-order valence-corrected chi connectivity index (χ1v) is 8.58. The van der Waals surface area contributed by atoms with Crippen LogP contribution in [0.4, 0.5) is 0 Å². The molecule has 130 valence electrons. The molecular weight excluding hydrogens is 338 g/mol. The van der Waals surface area contributed by atoms with Gasteiger partial charge in [0.2, 0.25) is 0 Å². The lowest BCUT2D eigenvalue weighted by atomic mass is 10.1. The van der Waals surface area contributed by atoms with Gasteiger partial charge in [0.1, 0.15) is 0 Å². The summed E-state index contributed by atoms with van der Waals surface area (Å²) in [6.07, 6.45) is 10.5. The number of imidazole rings is 1. The van der Waals surface area contributed by atoms with Crippen molar-refractivity contribution in [2.24, 2.45) is 0 Å². The molecule has 0 aliphatic heterocycles. The fourth-order valence-electron chi connectivity index (χ4n) is 3.21. The molecule has 0 unspecified atom stereocenters. The predicted octanol–water partition coefficient (Wildman–Crippen LogP) is 3.15. The standard InChI is InChI=1S/C21H15N5O/c27-21-19-7-8-22-10-20(19)24-14-26(21)11-15-1-3-16(4-2-15)17-5-6-18-9-23-13-25(18)12-17/h1-10,12-14H,11H2. The maximum Gasteiger partial charge on any atom is 0.261 e. The lowest BCUT2D eigenvalue weighted by molar-refractivity contribution is 0.748. The average molecular weight is 353 g/mol. The van der Waals surface area contributed by atoms with E-state index in [1.54, 1.807) is 35.7 Å². The van der Waals surface area contributed by atoms with Gasteiger partial charge in [-0.25, -0.2) is 9.97 Å². The van der Waals surface area contributed by atoms with Crippen molar-refractivity contribution in [2.75, 3.05) is 0 Å². The largest absolute Gasteiger partial charge is 0.306 e. The molecule has 0 N–H and O–H groups in total. The van der Waals surface area contributed by atoms with Gasteiger partial charge in [0.25, 0.3) is 5.56 Å². The van der Waals surface area contributed by atoms with Crippen molar-refractivity contribution in [3.63, 3.8) is 0 Å². The normalized spacial score (nSPS) is 11.3. The van der Waals surface area contributed by atoms with Crippen LogP contribution in [0, 0.1) is 0 Å². The van der Waals surface area contributed by atoms with Gasteiger partial charge in [-0.05, 0) is 28.8 Å². The summed E-state index contributed by atoms with van der Waals surface area (Å²) in [6.45, 7) is 0.477. The van der Waals surface area contributed by atoms with E-state index >= 15 is 0 Å². The van der Waals surface area contributed by atoms with Crippen molar-refractivity contribution in [2.45, 2.75) is 6.54 Å². The highest BCUT2D eigenvalue weighted by molar-refractivity contribution is 5.75. The molecule has 0 spiro atoms. The molecular formula is C21H15N5O. The number of hydrogen-bond donors (Lipinski definition) is 0. The van der Waals surface area contributed by atoms with Gasteiger partial charge >= 0.3 is 0 Å². The molecule has 0 saturated heterocycles. The van der Waals surface area contributed by atoms with E-state index in [-0.39, 0.29) is 5.56 Å². The molecule has 6 nitrogen and oxygen atoms in total. The third-order valence-corrected chi connectivity index (χ3v) is 4.68. The van der Waals surface area contributed by atoms with Gasteiger partial charge in [-0.2, -0.15) is 0 Å². The summed E-state index contributed by atoms with van der Waals surface area (Å²) in [7, 11) is 0. The first kappa shape index (κ1) is 15.5. The zero-order valence-electron chi connectivity index (χ0n) is 14.4. The van der Waals surface area contributed by atoms with Gasteiger partial charge < -0.3 is 4.40 Å². The van der Waals surface area contributed by atoms with Crippen LogP contribution in [0.15, 0.2) is 84.7 Å². The number of benzene rings is 1. The van der Waals surface area contributed by atoms with Gasteiger partial charge in [-0.1, -0.05) is 30.3 Å². The fraction of sp³-hybridized carbons (Fsp3) is 0.0476. The topological polar surface area (TPSA) is 65.1 Å². The molecule has 0 bridgehead atoms. The fourth-order valence-corrected chi connectivity index (χ4v) is 3.21. The van der Waals surface area contributed by atoms with Gasteiger partial charge in [0, 0.05) is 12.4 Å². The Balaban J connectivity index is 1.45. The van der Waals surface area contributed by atoms with E-state index in [4.69, 9.17) is 0 Å². The van der Waals surface area contributed by atoms with Crippen LogP contribution in [-0.4, -0.2) is 23.9 Å². The Bertz CT molecular complexity index is 1320. The molecule has 5 aromatic rings. The molecule has 1 aromatic carbocycles. The van der Waals surface area contributed by atoms with E-state index in [9.17, 15) is 4.79 Å². The zero-order valence-corrected chi connectivity index (χ0v) is 14.4.